The minimum Gasteiger partial charge on any atom is -0.493 e. The van der Waals surface area contributed by atoms with Gasteiger partial charge in [0, 0.05) is 21.4 Å². The molecule has 0 saturated carbocycles. The van der Waals surface area contributed by atoms with Crippen molar-refractivity contribution >= 4 is 27.5 Å². The third kappa shape index (κ3) is 2.83. The van der Waals surface area contributed by atoms with Crippen LogP contribution in [0.5, 0.6) is 11.5 Å². The second kappa shape index (κ2) is 7.09. The molecule has 0 saturated heterocycles. The maximum Gasteiger partial charge on any atom is 0.251 e. The summed E-state index contributed by atoms with van der Waals surface area (Å²) in [5, 5.41) is 1.04. The molecule has 2 N–H and O–H groups in total. The molecule has 2 heterocycles. The largest absolute Gasteiger partial charge is 0.493 e. The Hall–Kier alpha value is -2.60. The van der Waals surface area contributed by atoms with E-state index in [4.69, 9.17) is 20.2 Å². The van der Waals surface area contributed by atoms with E-state index >= 15 is 0 Å². The molecule has 0 aliphatic heterocycles. The Morgan fingerprint density at radius 3 is 2.75 bits per heavy atom. The van der Waals surface area contributed by atoms with Crippen LogP contribution in [-0.2, 0) is 12.8 Å². The van der Waals surface area contributed by atoms with Gasteiger partial charge in [-0.15, -0.1) is 11.3 Å². The van der Waals surface area contributed by atoms with Gasteiger partial charge in [0.05, 0.1) is 25.5 Å². The summed E-state index contributed by atoms with van der Waals surface area (Å²) >= 11 is 1.74. The first kappa shape index (κ1) is 18.7. The molecule has 6 heteroatoms. The van der Waals surface area contributed by atoms with E-state index < -0.39 is 5.91 Å². The van der Waals surface area contributed by atoms with Crippen LogP contribution < -0.4 is 15.2 Å². The SMILES string of the molecule is COc1cccc(-c2c(C(N)=O)c(C)nc3sc4c(c23)CC[C@@H](C)C4)c1OC. The molecule has 28 heavy (non-hydrogen) atoms. The molecule has 1 aliphatic carbocycles. The van der Waals surface area contributed by atoms with Gasteiger partial charge in [0.15, 0.2) is 11.5 Å². The van der Waals surface area contributed by atoms with Crippen molar-refractivity contribution in [2.75, 3.05) is 14.2 Å². The number of methoxy groups -OCH3 is 2. The van der Waals surface area contributed by atoms with Crippen molar-refractivity contribution in [3.8, 4) is 22.6 Å². The van der Waals surface area contributed by atoms with E-state index in [1.807, 2.05) is 25.1 Å². The second-order valence-corrected chi connectivity index (χ2v) is 8.47. The number of primary amides is 1. The number of carbonyl (C=O) groups is 1. The molecule has 3 aromatic rings. The Morgan fingerprint density at radius 2 is 2.07 bits per heavy atom. The Bertz CT molecular complexity index is 1090. The predicted molar refractivity (Wildman–Crippen MR) is 113 cm³/mol. The molecule has 1 aromatic carbocycles. The van der Waals surface area contributed by atoms with E-state index in [2.05, 4.69) is 6.92 Å². The van der Waals surface area contributed by atoms with Gasteiger partial charge in [0.25, 0.3) is 5.91 Å². The van der Waals surface area contributed by atoms with Crippen molar-refractivity contribution in [1.29, 1.82) is 0 Å². The van der Waals surface area contributed by atoms with Crippen molar-refractivity contribution in [1.82, 2.24) is 4.98 Å². The van der Waals surface area contributed by atoms with Gasteiger partial charge >= 0.3 is 0 Å². The highest BCUT2D eigenvalue weighted by atomic mass is 32.1. The van der Waals surface area contributed by atoms with Crippen molar-refractivity contribution in [3.63, 3.8) is 0 Å². The third-order valence-corrected chi connectivity index (χ3v) is 6.69. The van der Waals surface area contributed by atoms with E-state index in [1.165, 1.54) is 10.4 Å². The van der Waals surface area contributed by atoms with E-state index in [-0.39, 0.29) is 0 Å². The highest BCUT2D eigenvalue weighted by molar-refractivity contribution is 7.19. The lowest BCUT2D eigenvalue weighted by molar-refractivity contribution is 0.1000. The summed E-state index contributed by atoms with van der Waals surface area (Å²) in [5.74, 6) is 1.40. The standard InChI is InChI=1S/C22H24N2O3S/c1-11-8-9-13-16(10-11)28-22-19(13)18(17(21(23)25)12(2)24-22)14-6-5-7-15(26-3)20(14)27-4/h5-7,11H,8-10H2,1-4H3,(H2,23,25)/t11-/m1/s1. The molecule has 4 rings (SSSR count). The lowest BCUT2D eigenvalue weighted by Gasteiger charge is -2.20. The lowest BCUT2D eigenvalue weighted by atomic mass is 9.86. The van der Waals surface area contributed by atoms with Crippen LogP contribution in [0.3, 0.4) is 0 Å². The van der Waals surface area contributed by atoms with Crippen LogP contribution in [0.2, 0.25) is 0 Å². The number of nitrogens with two attached hydrogens (primary N) is 1. The Labute approximate surface area is 168 Å². The second-order valence-electron chi connectivity index (χ2n) is 7.38. The Balaban J connectivity index is 2.15. The van der Waals surface area contributed by atoms with Crippen molar-refractivity contribution in [2.45, 2.75) is 33.1 Å². The summed E-state index contributed by atoms with van der Waals surface area (Å²) in [6.45, 7) is 4.13. The van der Waals surface area contributed by atoms with Gasteiger partial charge in [-0.25, -0.2) is 4.98 Å². The minimum atomic E-state index is -0.476. The average molecular weight is 397 g/mol. The number of para-hydroxylation sites is 1. The molecule has 0 bridgehead atoms. The van der Waals surface area contributed by atoms with Crippen LogP contribution in [0.15, 0.2) is 18.2 Å². The van der Waals surface area contributed by atoms with Crippen LogP contribution in [-0.4, -0.2) is 25.1 Å². The van der Waals surface area contributed by atoms with E-state index in [0.717, 1.165) is 40.6 Å². The molecular weight excluding hydrogens is 372 g/mol. The number of hydrogen-bond acceptors (Lipinski definition) is 5. The van der Waals surface area contributed by atoms with Gasteiger partial charge in [-0.05, 0) is 43.7 Å². The topological polar surface area (TPSA) is 74.4 Å². The lowest BCUT2D eigenvalue weighted by Crippen LogP contribution is -2.16. The maximum atomic E-state index is 12.5. The summed E-state index contributed by atoms with van der Waals surface area (Å²) in [6, 6.07) is 5.71. The van der Waals surface area contributed by atoms with Gasteiger partial charge in [-0.1, -0.05) is 19.1 Å². The molecule has 0 fully saturated rings. The van der Waals surface area contributed by atoms with Gasteiger partial charge < -0.3 is 15.2 Å². The van der Waals surface area contributed by atoms with Crippen molar-refractivity contribution < 1.29 is 14.3 Å². The molecule has 5 nitrogen and oxygen atoms in total. The zero-order valence-corrected chi connectivity index (χ0v) is 17.4. The molecular formula is C22H24N2O3S. The number of amides is 1. The van der Waals surface area contributed by atoms with Gasteiger partial charge in [0.2, 0.25) is 0 Å². The molecule has 2 aromatic heterocycles. The van der Waals surface area contributed by atoms with Gasteiger partial charge in [-0.3, -0.25) is 4.79 Å². The highest BCUT2D eigenvalue weighted by Crippen LogP contribution is 2.47. The minimum absolute atomic E-state index is 0.457. The fraction of sp³-hybridized carbons (Fsp3) is 0.364. The Kier molecular flexibility index (Phi) is 4.75. The zero-order chi connectivity index (χ0) is 20.0. The van der Waals surface area contributed by atoms with E-state index in [9.17, 15) is 4.79 Å². The fourth-order valence-corrected chi connectivity index (χ4v) is 5.68. The van der Waals surface area contributed by atoms with Crippen LogP contribution in [0.25, 0.3) is 21.3 Å². The number of ether oxygens (including phenoxy) is 2. The maximum absolute atomic E-state index is 12.5. The normalized spacial score (nSPS) is 16.1. The number of aromatic nitrogens is 1. The van der Waals surface area contributed by atoms with Gasteiger partial charge in [0.1, 0.15) is 4.83 Å². The summed E-state index contributed by atoms with van der Waals surface area (Å²) in [4.78, 5) is 19.6. The first-order valence-corrected chi connectivity index (χ1v) is 10.2. The molecule has 1 atom stereocenters. The van der Waals surface area contributed by atoms with Crippen LogP contribution in [0.1, 0.15) is 39.8 Å². The summed E-state index contributed by atoms with van der Waals surface area (Å²) < 4.78 is 11.2. The number of rotatable bonds is 4. The summed E-state index contributed by atoms with van der Waals surface area (Å²) in [7, 11) is 3.22. The van der Waals surface area contributed by atoms with Crippen LogP contribution >= 0.6 is 11.3 Å². The molecule has 0 radical (unpaired) electrons. The van der Waals surface area contributed by atoms with Crippen molar-refractivity contribution in [3.05, 3.63) is 39.9 Å². The number of aryl methyl sites for hydroxylation is 2. The summed E-state index contributed by atoms with van der Waals surface area (Å²) in [5.41, 5.74) is 9.85. The number of carbonyl (C=O) groups excluding carboxylic acids is 1. The average Bonchev–Trinajstić information content (AvgIpc) is 3.02. The number of benzene rings is 1. The predicted octanol–water partition coefficient (Wildman–Crippen LogP) is 4.51. The highest BCUT2D eigenvalue weighted by Gasteiger charge is 2.28. The monoisotopic (exact) mass is 396 g/mol. The first-order valence-electron chi connectivity index (χ1n) is 9.42. The molecule has 1 amide bonds. The molecule has 0 unspecified atom stereocenters. The number of fused-ring (bicyclic) bond motifs is 3. The van der Waals surface area contributed by atoms with E-state index in [1.54, 1.807) is 25.6 Å². The number of thiophene rings is 1. The van der Waals surface area contributed by atoms with Crippen LogP contribution in [0.4, 0.5) is 0 Å². The molecule has 1 aliphatic rings. The fourth-order valence-electron chi connectivity index (χ4n) is 4.24. The Morgan fingerprint density at radius 1 is 1.29 bits per heavy atom. The molecule has 146 valence electrons. The quantitative estimate of drug-likeness (QED) is 0.704. The zero-order valence-electron chi connectivity index (χ0n) is 16.6. The number of pyridine rings is 1. The van der Waals surface area contributed by atoms with E-state index in [0.29, 0.717) is 28.7 Å². The third-order valence-electron chi connectivity index (χ3n) is 5.54. The van der Waals surface area contributed by atoms with Crippen LogP contribution in [0, 0.1) is 12.8 Å². The number of hydrogen-bond donors (Lipinski definition) is 1. The van der Waals surface area contributed by atoms with Gasteiger partial charge in [-0.2, -0.15) is 0 Å². The first-order chi connectivity index (χ1) is 13.5. The summed E-state index contributed by atoms with van der Waals surface area (Å²) in [6.07, 6.45) is 3.17. The smallest absolute Gasteiger partial charge is 0.251 e. The van der Waals surface area contributed by atoms with Crippen molar-refractivity contribution in [2.24, 2.45) is 11.7 Å². The number of nitrogens with zero attached hydrogens (tertiary/aromatic N) is 1. The molecule has 0 spiro atoms.